The van der Waals surface area contributed by atoms with Gasteiger partial charge in [-0.05, 0) is 25.5 Å². The molecule has 16 heavy (non-hydrogen) atoms. The van der Waals surface area contributed by atoms with Crippen LogP contribution in [-0.4, -0.2) is 23.1 Å². The number of fused-ring (bicyclic) bond motifs is 1. The van der Waals surface area contributed by atoms with Crippen molar-refractivity contribution in [3.63, 3.8) is 0 Å². The second-order valence-corrected chi connectivity index (χ2v) is 5.25. The molecule has 0 spiro atoms. The molecule has 0 saturated carbocycles. The van der Waals surface area contributed by atoms with Crippen molar-refractivity contribution in [1.82, 2.24) is 9.97 Å². The van der Waals surface area contributed by atoms with E-state index in [9.17, 15) is 0 Å². The van der Waals surface area contributed by atoms with Gasteiger partial charge in [0.25, 0.3) is 0 Å². The van der Waals surface area contributed by atoms with Crippen LogP contribution in [0.2, 0.25) is 0 Å². The highest BCUT2D eigenvalue weighted by Gasteiger charge is 2.07. The summed E-state index contributed by atoms with van der Waals surface area (Å²) in [7, 11) is 0. The second kappa shape index (κ2) is 4.76. The molecule has 0 bridgehead atoms. The van der Waals surface area contributed by atoms with Crippen molar-refractivity contribution in [2.75, 3.05) is 18.4 Å². The van der Waals surface area contributed by atoms with Gasteiger partial charge in [-0.25, -0.2) is 9.97 Å². The van der Waals surface area contributed by atoms with Crippen LogP contribution in [0.15, 0.2) is 12.4 Å². The molecule has 0 aliphatic carbocycles. The van der Waals surface area contributed by atoms with Crippen molar-refractivity contribution in [3.05, 3.63) is 17.3 Å². The average Bonchev–Trinajstić information content (AvgIpc) is 2.66. The van der Waals surface area contributed by atoms with Gasteiger partial charge >= 0.3 is 0 Å². The smallest absolute Gasteiger partial charge is 0.138 e. The minimum atomic E-state index is 0.449. The highest BCUT2D eigenvalue weighted by molar-refractivity contribution is 7.18. The number of aryl methyl sites for hydroxylation is 1. The topological polar surface area (TPSA) is 63.8 Å². The fourth-order valence-corrected chi connectivity index (χ4v) is 2.32. The lowest BCUT2D eigenvalue weighted by atomic mass is 10.2. The summed E-state index contributed by atoms with van der Waals surface area (Å²) in [6, 6.07) is 2.12. The van der Waals surface area contributed by atoms with E-state index in [1.54, 1.807) is 17.7 Å². The van der Waals surface area contributed by atoms with E-state index in [4.69, 9.17) is 5.73 Å². The molecular weight excluding hydrogens is 220 g/mol. The fourth-order valence-electron chi connectivity index (χ4n) is 1.47. The molecular formula is C11H16N4S. The molecule has 0 aromatic carbocycles. The summed E-state index contributed by atoms with van der Waals surface area (Å²) in [6.45, 7) is 5.73. The Labute approximate surface area is 98.9 Å². The van der Waals surface area contributed by atoms with E-state index in [1.807, 2.05) is 0 Å². The van der Waals surface area contributed by atoms with Gasteiger partial charge in [-0.15, -0.1) is 11.3 Å². The molecule has 0 fully saturated rings. The molecule has 1 atom stereocenters. The molecule has 2 rings (SSSR count). The highest BCUT2D eigenvalue weighted by Crippen LogP contribution is 2.27. The molecule has 3 N–H and O–H groups in total. The predicted octanol–water partition coefficient (Wildman–Crippen LogP) is 2.01. The Morgan fingerprint density at radius 2 is 2.31 bits per heavy atom. The Bertz CT molecular complexity index is 480. The molecule has 0 saturated heterocycles. The number of rotatable bonds is 4. The third-order valence-corrected chi connectivity index (χ3v) is 3.43. The van der Waals surface area contributed by atoms with Gasteiger partial charge in [0.15, 0.2) is 0 Å². The third-order valence-electron chi connectivity index (χ3n) is 2.47. The standard InChI is InChI=1S/C11H16N4S/c1-7(4-12)5-13-10-9-3-8(2)16-11(9)15-6-14-10/h3,6-7H,4-5,12H2,1-2H3,(H,13,14,15). The van der Waals surface area contributed by atoms with Crippen molar-refractivity contribution >= 4 is 27.4 Å². The van der Waals surface area contributed by atoms with Crippen molar-refractivity contribution < 1.29 is 0 Å². The first kappa shape index (κ1) is 11.3. The molecule has 0 amide bonds. The minimum absolute atomic E-state index is 0.449. The van der Waals surface area contributed by atoms with Crippen LogP contribution >= 0.6 is 11.3 Å². The molecule has 86 valence electrons. The molecule has 0 radical (unpaired) electrons. The average molecular weight is 236 g/mol. The first-order chi connectivity index (χ1) is 7.70. The van der Waals surface area contributed by atoms with Gasteiger partial charge in [-0.1, -0.05) is 6.92 Å². The SMILES string of the molecule is Cc1cc2c(NCC(C)CN)ncnc2s1. The van der Waals surface area contributed by atoms with Crippen LogP contribution in [0.25, 0.3) is 10.2 Å². The number of nitrogens with one attached hydrogen (secondary N) is 1. The number of nitrogens with zero attached hydrogens (tertiary/aromatic N) is 2. The van der Waals surface area contributed by atoms with E-state index < -0.39 is 0 Å². The Morgan fingerprint density at radius 1 is 1.50 bits per heavy atom. The molecule has 2 aromatic rings. The molecule has 2 heterocycles. The molecule has 4 nitrogen and oxygen atoms in total. The maximum absolute atomic E-state index is 5.58. The van der Waals surface area contributed by atoms with Crippen LogP contribution in [0.1, 0.15) is 11.8 Å². The van der Waals surface area contributed by atoms with Gasteiger partial charge in [0.2, 0.25) is 0 Å². The maximum Gasteiger partial charge on any atom is 0.138 e. The predicted molar refractivity (Wildman–Crippen MR) is 68.9 cm³/mol. The second-order valence-electron chi connectivity index (χ2n) is 4.02. The molecule has 0 aliphatic heterocycles. The van der Waals surface area contributed by atoms with E-state index in [0.717, 1.165) is 22.6 Å². The summed E-state index contributed by atoms with van der Waals surface area (Å²) < 4.78 is 0. The van der Waals surface area contributed by atoms with Crippen molar-refractivity contribution in [1.29, 1.82) is 0 Å². The zero-order valence-electron chi connectivity index (χ0n) is 9.53. The third kappa shape index (κ3) is 2.31. The Hall–Kier alpha value is -1.20. The summed E-state index contributed by atoms with van der Waals surface area (Å²) in [6.07, 6.45) is 1.60. The van der Waals surface area contributed by atoms with Gasteiger partial charge in [0.05, 0.1) is 5.39 Å². The van der Waals surface area contributed by atoms with Gasteiger partial charge < -0.3 is 11.1 Å². The zero-order chi connectivity index (χ0) is 11.5. The monoisotopic (exact) mass is 236 g/mol. The highest BCUT2D eigenvalue weighted by atomic mass is 32.1. The molecule has 0 aliphatic rings. The van der Waals surface area contributed by atoms with Crippen LogP contribution in [0, 0.1) is 12.8 Å². The van der Waals surface area contributed by atoms with Gasteiger partial charge in [0, 0.05) is 11.4 Å². The number of anilines is 1. The Morgan fingerprint density at radius 3 is 3.06 bits per heavy atom. The first-order valence-electron chi connectivity index (χ1n) is 5.35. The van der Waals surface area contributed by atoms with Crippen LogP contribution in [0.3, 0.4) is 0 Å². The number of nitrogens with two attached hydrogens (primary N) is 1. The van der Waals surface area contributed by atoms with E-state index in [0.29, 0.717) is 12.5 Å². The van der Waals surface area contributed by atoms with E-state index >= 15 is 0 Å². The normalized spacial score (nSPS) is 12.9. The number of hydrogen-bond acceptors (Lipinski definition) is 5. The van der Waals surface area contributed by atoms with Crippen LogP contribution < -0.4 is 11.1 Å². The van der Waals surface area contributed by atoms with Crippen LogP contribution in [-0.2, 0) is 0 Å². The Balaban J connectivity index is 2.23. The number of thiophene rings is 1. The quantitative estimate of drug-likeness (QED) is 0.852. The zero-order valence-corrected chi connectivity index (χ0v) is 10.3. The molecule has 5 heteroatoms. The lowest BCUT2D eigenvalue weighted by molar-refractivity contribution is 0.627. The maximum atomic E-state index is 5.58. The van der Waals surface area contributed by atoms with Gasteiger partial charge in [0.1, 0.15) is 17.0 Å². The fraction of sp³-hybridized carbons (Fsp3) is 0.455. The van der Waals surface area contributed by atoms with E-state index in [1.165, 1.54) is 4.88 Å². The summed E-state index contributed by atoms with van der Waals surface area (Å²) in [5.41, 5.74) is 5.58. The van der Waals surface area contributed by atoms with Gasteiger partial charge in [-0.2, -0.15) is 0 Å². The van der Waals surface area contributed by atoms with Crippen LogP contribution in [0.4, 0.5) is 5.82 Å². The minimum Gasteiger partial charge on any atom is -0.369 e. The molecule has 2 aromatic heterocycles. The van der Waals surface area contributed by atoms with Crippen molar-refractivity contribution in [3.8, 4) is 0 Å². The van der Waals surface area contributed by atoms with Crippen molar-refractivity contribution in [2.45, 2.75) is 13.8 Å². The number of aromatic nitrogens is 2. The lowest BCUT2D eigenvalue weighted by Crippen LogP contribution is -2.20. The lowest BCUT2D eigenvalue weighted by Gasteiger charge is -2.10. The van der Waals surface area contributed by atoms with E-state index in [2.05, 4.69) is 35.2 Å². The van der Waals surface area contributed by atoms with Crippen LogP contribution in [0.5, 0.6) is 0 Å². The van der Waals surface area contributed by atoms with Gasteiger partial charge in [-0.3, -0.25) is 0 Å². The number of hydrogen-bond donors (Lipinski definition) is 2. The van der Waals surface area contributed by atoms with E-state index in [-0.39, 0.29) is 0 Å². The summed E-state index contributed by atoms with van der Waals surface area (Å²) in [5.74, 6) is 1.36. The summed E-state index contributed by atoms with van der Waals surface area (Å²) >= 11 is 1.69. The first-order valence-corrected chi connectivity index (χ1v) is 6.17. The summed E-state index contributed by atoms with van der Waals surface area (Å²) in [4.78, 5) is 10.8. The molecule has 1 unspecified atom stereocenters. The Kier molecular flexibility index (Phi) is 3.36. The summed E-state index contributed by atoms with van der Waals surface area (Å²) in [5, 5.41) is 4.43. The van der Waals surface area contributed by atoms with Crippen molar-refractivity contribution in [2.24, 2.45) is 11.7 Å². The largest absolute Gasteiger partial charge is 0.369 e.